The third-order valence-electron chi connectivity index (χ3n) is 1.56. The molecule has 0 saturated heterocycles. The van der Waals surface area contributed by atoms with Crippen molar-refractivity contribution in [3.63, 3.8) is 0 Å². The number of hydrogen-bond donors (Lipinski definition) is 4. The molecule has 1 aromatic rings. The van der Waals surface area contributed by atoms with Crippen LogP contribution in [-0.2, 0) is 9.59 Å². The predicted molar refractivity (Wildman–Crippen MR) is 66.5 cm³/mol. The average molecular weight is 350 g/mol. The van der Waals surface area contributed by atoms with E-state index < -0.39 is 24.3 Å². The third-order valence-corrected chi connectivity index (χ3v) is 1.56. The van der Waals surface area contributed by atoms with Gasteiger partial charge in [-0.05, 0) is 12.1 Å². The number of alkyl halides is 6. The summed E-state index contributed by atoms with van der Waals surface area (Å²) in [5.74, 6) is -5.51. The Hall–Kier alpha value is -2.50. The molecule has 1 aromatic carbocycles. The molecule has 23 heavy (non-hydrogen) atoms. The van der Waals surface area contributed by atoms with Gasteiger partial charge in [0.05, 0.1) is 6.67 Å². The van der Waals surface area contributed by atoms with Gasteiger partial charge in [0.15, 0.2) is 0 Å². The second-order valence-corrected chi connectivity index (χ2v) is 3.35. The largest absolute Gasteiger partial charge is 0.490 e. The minimum Gasteiger partial charge on any atom is -0.475 e. The molecular formula is C11H12F6N2O4. The van der Waals surface area contributed by atoms with Gasteiger partial charge in [0.2, 0.25) is 0 Å². The van der Waals surface area contributed by atoms with Gasteiger partial charge in [-0.1, -0.05) is 18.2 Å². The van der Waals surface area contributed by atoms with Crippen LogP contribution in [0.15, 0.2) is 30.3 Å². The summed E-state index contributed by atoms with van der Waals surface area (Å²) in [5, 5.41) is 17.2. The van der Waals surface area contributed by atoms with Crippen molar-refractivity contribution in [1.29, 1.82) is 0 Å². The first-order valence-corrected chi connectivity index (χ1v) is 5.41. The molecular weight excluding hydrogens is 338 g/mol. The van der Waals surface area contributed by atoms with Crippen molar-refractivity contribution in [2.24, 2.45) is 5.73 Å². The molecule has 132 valence electrons. The normalized spacial score (nSPS) is 10.4. The van der Waals surface area contributed by atoms with Gasteiger partial charge in [0.1, 0.15) is 0 Å². The van der Waals surface area contributed by atoms with Gasteiger partial charge in [0, 0.05) is 5.69 Å². The topological polar surface area (TPSA) is 113 Å². The standard InChI is InChI=1S/C7H10N2.2C2HF3O2/c8-6-9-7-4-2-1-3-5-7;2*3-2(4,5)1(6)7/h1-5,9H,6,8H2;2*(H,6,7). The quantitative estimate of drug-likeness (QED) is 0.481. The number of carboxylic acid groups (broad SMARTS) is 2. The molecule has 6 nitrogen and oxygen atoms in total. The Morgan fingerprint density at radius 3 is 1.43 bits per heavy atom. The summed E-state index contributed by atoms with van der Waals surface area (Å²) in [4.78, 5) is 17.8. The maximum Gasteiger partial charge on any atom is 0.490 e. The molecule has 0 aliphatic rings. The van der Waals surface area contributed by atoms with E-state index in [1.54, 1.807) is 0 Å². The van der Waals surface area contributed by atoms with E-state index in [1.165, 1.54) is 0 Å². The maximum absolute atomic E-state index is 10.6. The van der Waals surface area contributed by atoms with Gasteiger partial charge < -0.3 is 21.3 Å². The second kappa shape index (κ2) is 10.3. The summed E-state index contributed by atoms with van der Waals surface area (Å²) in [6.07, 6.45) is -10.2. The zero-order chi connectivity index (χ0) is 18.7. The van der Waals surface area contributed by atoms with E-state index in [4.69, 9.17) is 25.5 Å². The van der Waals surface area contributed by atoms with Crippen molar-refractivity contribution in [2.45, 2.75) is 12.4 Å². The predicted octanol–water partition coefficient (Wildman–Crippen LogP) is 2.28. The number of halogens is 6. The smallest absolute Gasteiger partial charge is 0.475 e. The van der Waals surface area contributed by atoms with Crippen LogP contribution in [0.2, 0.25) is 0 Å². The number of anilines is 1. The molecule has 0 heterocycles. The summed E-state index contributed by atoms with van der Waals surface area (Å²) in [6.45, 7) is 0.490. The van der Waals surface area contributed by atoms with Crippen molar-refractivity contribution >= 4 is 17.6 Å². The Kier molecular flexibility index (Phi) is 10.2. The SMILES string of the molecule is NCNc1ccccc1.O=C(O)C(F)(F)F.O=C(O)C(F)(F)F. The fourth-order valence-corrected chi connectivity index (χ4v) is 0.674. The molecule has 0 radical (unpaired) electrons. The molecule has 0 aromatic heterocycles. The third kappa shape index (κ3) is 14.2. The van der Waals surface area contributed by atoms with Gasteiger partial charge in [-0.15, -0.1) is 0 Å². The van der Waals surface area contributed by atoms with E-state index in [9.17, 15) is 26.3 Å². The fourth-order valence-electron chi connectivity index (χ4n) is 0.674. The van der Waals surface area contributed by atoms with Gasteiger partial charge >= 0.3 is 24.3 Å². The van der Waals surface area contributed by atoms with E-state index in [0.29, 0.717) is 6.67 Å². The molecule has 0 atom stereocenters. The van der Waals surface area contributed by atoms with Crippen molar-refractivity contribution in [1.82, 2.24) is 0 Å². The molecule has 0 bridgehead atoms. The summed E-state index contributed by atoms with van der Waals surface area (Å²) in [5.41, 5.74) is 6.32. The number of carbonyl (C=O) groups is 2. The second-order valence-electron chi connectivity index (χ2n) is 3.35. The molecule has 0 unspecified atom stereocenters. The lowest BCUT2D eigenvalue weighted by Gasteiger charge is -1.99. The molecule has 1 rings (SSSR count). The van der Waals surface area contributed by atoms with E-state index in [0.717, 1.165) is 5.69 Å². The zero-order valence-electron chi connectivity index (χ0n) is 11.1. The first kappa shape index (κ1) is 22.8. The van der Waals surface area contributed by atoms with Crippen LogP contribution in [0, 0.1) is 0 Å². The van der Waals surface area contributed by atoms with E-state index in [-0.39, 0.29) is 0 Å². The number of para-hydroxylation sites is 1. The van der Waals surface area contributed by atoms with Gasteiger partial charge in [-0.3, -0.25) is 0 Å². The molecule has 0 aliphatic heterocycles. The highest BCUT2D eigenvalue weighted by Crippen LogP contribution is 2.13. The van der Waals surface area contributed by atoms with Crippen molar-refractivity contribution in [2.75, 3.05) is 12.0 Å². The van der Waals surface area contributed by atoms with Gasteiger partial charge in [-0.2, -0.15) is 26.3 Å². The minimum absolute atomic E-state index is 0.490. The summed E-state index contributed by atoms with van der Waals surface area (Å²) in [6, 6.07) is 9.87. The zero-order valence-corrected chi connectivity index (χ0v) is 11.1. The van der Waals surface area contributed by atoms with Crippen LogP contribution in [0.4, 0.5) is 32.0 Å². The highest BCUT2D eigenvalue weighted by molar-refractivity contribution is 5.73. The van der Waals surface area contributed by atoms with Crippen LogP contribution in [0.5, 0.6) is 0 Å². The molecule has 5 N–H and O–H groups in total. The number of aliphatic carboxylic acids is 2. The monoisotopic (exact) mass is 350 g/mol. The van der Waals surface area contributed by atoms with Crippen LogP contribution in [0.1, 0.15) is 0 Å². The number of nitrogens with two attached hydrogens (primary N) is 1. The summed E-state index contributed by atoms with van der Waals surface area (Å²) in [7, 11) is 0. The summed E-state index contributed by atoms with van der Waals surface area (Å²) >= 11 is 0. The van der Waals surface area contributed by atoms with Crippen molar-refractivity contribution in [3.05, 3.63) is 30.3 Å². The lowest BCUT2D eigenvalue weighted by Crippen LogP contribution is -2.21. The lowest BCUT2D eigenvalue weighted by molar-refractivity contribution is -0.193. The molecule has 0 amide bonds. The van der Waals surface area contributed by atoms with E-state index in [2.05, 4.69) is 5.32 Å². The van der Waals surface area contributed by atoms with Crippen molar-refractivity contribution in [3.8, 4) is 0 Å². The molecule has 12 heteroatoms. The first-order valence-electron chi connectivity index (χ1n) is 5.41. The van der Waals surface area contributed by atoms with Gasteiger partial charge in [0.25, 0.3) is 0 Å². The van der Waals surface area contributed by atoms with E-state index in [1.807, 2.05) is 30.3 Å². The molecule has 0 fully saturated rings. The van der Waals surface area contributed by atoms with Crippen molar-refractivity contribution < 1.29 is 46.1 Å². The Labute approximate surface area is 125 Å². The van der Waals surface area contributed by atoms with E-state index >= 15 is 0 Å². The van der Waals surface area contributed by atoms with Crippen LogP contribution >= 0.6 is 0 Å². The first-order chi connectivity index (χ1) is 10.3. The number of hydrogen-bond acceptors (Lipinski definition) is 4. The van der Waals surface area contributed by atoms with Crippen LogP contribution in [-0.4, -0.2) is 41.2 Å². The molecule has 0 saturated carbocycles. The minimum atomic E-state index is -5.08. The number of nitrogens with one attached hydrogen (secondary N) is 1. The Balaban J connectivity index is 0. The van der Waals surface area contributed by atoms with Crippen LogP contribution < -0.4 is 11.1 Å². The average Bonchev–Trinajstić information content (AvgIpc) is 2.39. The Morgan fingerprint density at radius 1 is 0.913 bits per heavy atom. The Morgan fingerprint density at radius 2 is 1.22 bits per heavy atom. The maximum atomic E-state index is 10.6. The summed E-state index contributed by atoms with van der Waals surface area (Å²) < 4.78 is 63.5. The molecule has 0 aliphatic carbocycles. The number of rotatable bonds is 2. The highest BCUT2D eigenvalue weighted by atomic mass is 19.4. The van der Waals surface area contributed by atoms with Crippen LogP contribution in [0.25, 0.3) is 0 Å². The molecule has 0 spiro atoms. The lowest BCUT2D eigenvalue weighted by atomic mass is 10.3. The highest BCUT2D eigenvalue weighted by Gasteiger charge is 2.38. The fraction of sp³-hybridized carbons (Fsp3) is 0.273. The Bertz CT molecular complexity index is 452. The van der Waals surface area contributed by atoms with Gasteiger partial charge in [-0.25, -0.2) is 9.59 Å². The number of benzene rings is 1. The van der Waals surface area contributed by atoms with Crippen LogP contribution in [0.3, 0.4) is 0 Å². The number of carboxylic acids is 2.